The third kappa shape index (κ3) is 8.24. The molecular formula is C22H22I6O6. The summed E-state index contributed by atoms with van der Waals surface area (Å²) in [6.07, 6.45) is -0.728. The van der Waals surface area contributed by atoms with Gasteiger partial charge in [-0.3, -0.25) is 14.4 Å². The van der Waals surface area contributed by atoms with Crippen LogP contribution in [0.15, 0.2) is 18.7 Å². The zero-order chi connectivity index (χ0) is 26.7. The maximum Gasteiger partial charge on any atom is 0.308 e. The first-order valence-electron chi connectivity index (χ1n) is 9.58. The van der Waals surface area contributed by atoms with Gasteiger partial charge in [0.05, 0.1) is 7.16 Å². The summed E-state index contributed by atoms with van der Waals surface area (Å²) in [5.41, 5.74) is 4.27. The lowest BCUT2D eigenvalue weighted by Gasteiger charge is -2.37. The van der Waals surface area contributed by atoms with Gasteiger partial charge in [0.1, 0.15) is 9.18 Å². The summed E-state index contributed by atoms with van der Waals surface area (Å²) in [5, 5.41) is 0. The summed E-state index contributed by atoms with van der Waals surface area (Å²) < 4.78 is 20.3. The molecule has 1 aromatic rings. The maximum absolute atomic E-state index is 11.4. The molecule has 12 heteroatoms. The van der Waals surface area contributed by atoms with Crippen LogP contribution in [0.25, 0.3) is 0 Å². The standard InChI is InChI=1S/C13H13I3O6.C9H9I3/c1-5(17)20-10-8(14)11(21-6(2)18)13(4,16)12(9(10)15)22-7(3)19;1-4-7(10)5(2)9(12)6(3)8(4)11/h11H,1-4H3;1-3H3. The first kappa shape index (κ1) is 33.5. The Kier molecular flexibility index (Phi) is 13.8. The number of esters is 3. The van der Waals surface area contributed by atoms with Gasteiger partial charge < -0.3 is 14.2 Å². The van der Waals surface area contributed by atoms with Gasteiger partial charge in [0, 0.05) is 31.5 Å². The fourth-order valence-electron chi connectivity index (χ4n) is 2.89. The maximum atomic E-state index is 11.4. The SMILES string of the molecule is CC(=O)OC1=C(I)C(OC(C)=O)C(C)(I)C(OC(C)=O)=C1I.Cc1c(I)c(C)c(I)c(C)c1I. The molecule has 0 radical (unpaired) electrons. The second kappa shape index (κ2) is 14.0. The van der Waals surface area contributed by atoms with Crippen LogP contribution in [0, 0.1) is 31.5 Å². The van der Waals surface area contributed by atoms with Crippen molar-refractivity contribution in [2.45, 2.75) is 58.0 Å². The van der Waals surface area contributed by atoms with E-state index in [0.29, 0.717) is 12.9 Å². The van der Waals surface area contributed by atoms with Crippen molar-refractivity contribution in [1.29, 1.82) is 0 Å². The van der Waals surface area contributed by atoms with Crippen molar-refractivity contribution in [3.63, 3.8) is 0 Å². The molecule has 0 fully saturated rings. The van der Waals surface area contributed by atoms with Gasteiger partial charge in [-0.15, -0.1) is 0 Å². The summed E-state index contributed by atoms with van der Waals surface area (Å²) in [4.78, 5) is 34.1. The number of allylic oxidation sites excluding steroid dienone is 1. The molecule has 0 N–H and O–H groups in total. The van der Waals surface area contributed by atoms with Crippen molar-refractivity contribution in [1.82, 2.24) is 0 Å². The van der Waals surface area contributed by atoms with E-state index in [2.05, 4.69) is 111 Å². The Bertz CT molecular complexity index is 985. The predicted molar refractivity (Wildman–Crippen MR) is 182 cm³/mol. The van der Waals surface area contributed by atoms with Crippen LogP contribution in [0.2, 0.25) is 0 Å². The average Bonchev–Trinajstić information content (AvgIpc) is 2.73. The number of hydrogen-bond acceptors (Lipinski definition) is 6. The molecule has 34 heavy (non-hydrogen) atoms. The lowest BCUT2D eigenvalue weighted by molar-refractivity contribution is -0.145. The fraction of sp³-hybridized carbons (Fsp3) is 0.409. The Labute approximate surface area is 281 Å². The Morgan fingerprint density at radius 1 is 0.735 bits per heavy atom. The van der Waals surface area contributed by atoms with Crippen LogP contribution < -0.4 is 0 Å². The van der Waals surface area contributed by atoms with Gasteiger partial charge in [-0.2, -0.15) is 0 Å². The van der Waals surface area contributed by atoms with Gasteiger partial charge >= 0.3 is 17.9 Å². The minimum atomic E-state index is -0.814. The van der Waals surface area contributed by atoms with Crippen molar-refractivity contribution in [3.05, 3.63) is 46.1 Å². The minimum Gasteiger partial charge on any atom is -0.455 e. The van der Waals surface area contributed by atoms with E-state index in [-0.39, 0.29) is 5.76 Å². The molecule has 0 aromatic heterocycles. The van der Waals surface area contributed by atoms with E-state index < -0.39 is 27.4 Å². The van der Waals surface area contributed by atoms with E-state index in [9.17, 15) is 14.4 Å². The third-order valence-corrected chi connectivity index (χ3v) is 12.5. The van der Waals surface area contributed by atoms with Gasteiger partial charge in [0.2, 0.25) is 0 Å². The summed E-state index contributed by atoms with van der Waals surface area (Å²) in [6, 6.07) is 0. The summed E-state index contributed by atoms with van der Waals surface area (Å²) in [6.45, 7) is 12.2. The molecule has 0 saturated carbocycles. The molecule has 1 aromatic carbocycles. The first-order chi connectivity index (χ1) is 15.4. The Hall–Kier alpha value is 1.49. The molecular weight excluding hydrogens is 1120 g/mol. The highest BCUT2D eigenvalue weighted by Crippen LogP contribution is 2.49. The van der Waals surface area contributed by atoms with Crippen LogP contribution >= 0.6 is 136 Å². The Balaban J connectivity index is 0.000000404. The highest BCUT2D eigenvalue weighted by atomic mass is 127. The number of alkyl halides is 1. The third-order valence-electron chi connectivity index (χ3n) is 4.53. The first-order valence-corrected chi connectivity index (χ1v) is 16.1. The van der Waals surface area contributed by atoms with Gasteiger partial charge in [0.25, 0.3) is 0 Å². The number of benzene rings is 1. The fourth-order valence-corrected chi connectivity index (χ4v) is 10.7. The van der Waals surface area contributed by atoms with Gasteiger partial charge in [0.15, 0.2) is 11.9 Å². The van der Waals surface area contributed by atoms with Crippen molar-refractivity contribution in [3.8, 4) is 0 Å². The molecule has 1 aliphatic carbocycles. The highest BCUT2D eigenvalue weighted by molar-refractivity contribution is 14.1. The largest absolute Gasteiger partial charge is 0.455 e. The van der Waals surface area contributed by atoms with Crippen LogP contribution in [0.1, 0.15) is 44.4 Å². The molecule has 1 aliphatic rings. The van der Waals surface area contributed by atoms with Gasteiger partial charge in [-0.25, -0.2) is 0 Å². The molecule has 2 atom stereocenters. The van der Waals surface area contributed by atoms with Crippen LogP contribution in [0.5, 0.6) is 0 Å². The van der Waals surface area contributed by atoms with E-state index in [4.69, 9.17) is 14.2 Å². The number of carbonyl (C=O) groups excluding carboxylic acids is 3. The Morgan fingerprint density at radius 2 is 1.12 bits per heavy atom. The Morgan fingerprint density at radius 3 is 1.44 bits per heavy atom. The predicted octanol–water partition coefficient (Wildman–Crippen LogP) is 7.97. The number of carbonyl (C=O) groups is 3. The molecule has 6 nitrogen and oxygen atoms in total. The second-order valence-corrected chi connectivity index (χ2v) is 15.1. The zero-order valence-corrected chi connectivity index (χ0v) is 32.2. The van der Waals surface area contributed by atoms with Gasteiger partial charge in [-0.05, 0) is 157 Å². The zero-order valence-electron chi connectivity index (χ0n) is 19.3. The summed E-state index contributed by atoms with van der Waals surface area (Å²) >= 11 is 13.3. The lowest BCUT2D eigenvalue weighted by Crippen LogP contribution is -2.43. The van der Waals surface area contributed by atoms with E-state index in [0.717, 1.165) is 0 Å². The van der Waals surface area contributed by atoms with E-state index >= 15 is 0 Å². The minimum absolute atomic E-state index is 0.241. The monoisotopic (exact) mass is 1140 g/mol. The number of ether oxygens (including phenoxy) is 3. The smallest absolute Gasteiger partial charge is 0.308 e. The normalized spacial score (nSPS) is 19.9. The van der Waals surface area contributed by atoms with Crippen LogP contribution in [-0.2, 0) is 28.6 Å². The van der Waals surface area contributed by atoms with Crippen LogP contribution in [0.4, 0.5) is 0 Å². The molecule has 2 rings (SSSR count). The quantitative estimate of drug-likeness (QED) is 0.132. The number of hydrogen-bond donors (Lipinski definition) is 0. The topological polar surface area (TPSA) is 78.9 Å². The van der Waals surface area contributed by atoms with E-state index in [1.807, 2.05) is 45.2 Å². The second-order valence-electron chi connectivity index (χ2n) is 7.39. The van der Waals surface area contributed by atoms with Gasteiger partial charge in [-0.1, -0.05) is 22.6 Å². The van der Waals surface area contributed by atoms with Crippen LogP contribution in [0.3, 0.4) is 0 Å². The molecule has 0 amide bonds. The molecule has 0 heterocycles. The molecule has 0 bridgehead atoms. The molecule has 0 spiro atoms. The average molecular weight is 1140 g/mol. The number of halogens is 6. The lowest BCUT2D eigenvalue weighted by atomic mass is 9.96. The molecule has 0 saturated heterocycles. The number of rotatable bonds is 3. The molecule has 0 aliphatic heterocycles. The molecule has 2 unspecified atom stereocenters. The van der Waals surface area contributed by atoms with E-state index in [1.165, 1.54) is 48.2 Å². The summed E-state index contributed by atoms with van der Waals surface area (Å²) in [5.74, 6) is -0.968. The van der Waals surface area contributed by atoms with Crippen molar-refractivity contribution >= 4 is 153 Å². The highest BCUT2D eigenvalue weighted by Gasteiger charge is 2.49. The van der Waals surface area contributed by atoms with Crippen molar-refractivity contribution in [2.24, 2.45) is 0 Å². The van der Waals surface area contributed by atoms with Crippen molar-refractivity contribution < 1.29 is 28.6 Å². The van der Waals surface area contributed by atoms with E-state index in [1.54, 1.807) is 6.92 Å². The van der Waals surface area contributed by atoms with Crippen LogP contribution in [-0.4, -0.2) is 27.4 Å². The molecule has 188 valence electrons. The summed E-state index contributed by atoms with van der Waals surface area (Å²) in [7, 11) is 0. The van der Waals surface area contributed by atoms with Crippen molar-refractivity contribution in [2.75, 3.05) is 0 Å².